The molecule has 0 spiro atoms. The second-order valence-corrected chi connectivity index (χ2v) is 3.20. The Balaban J connectivity index is 3.04. The Hall–Kier alpha value is -2.18. The summed E-state index contributed by atoms with van der Waals surface area (Å²) in [6.07, 6.45) is -0.109. The molecule has 0 unspecified atom stereocenters. The first-order valence-electron chi connectivity index (χ1n) is 4.50. The number of hydrogen-bond acceptors (Lipinski definition) is 5. The number of aromatic carboxylic acids is 1. The smallest absolute Gasteiger partial charge is 0.354 e. The summed E-state index contributed by atoms with van der Waals surface area (Å²) in [5.41, 5.74) is 5.60. The Morgan fingerprint density at radius 3 is 2.44 bits per heavy atom. The van der Waals surface area contributed by atoms with E-state index in [1.54, 1.807) is 0 Å². The summed E-state index contributed by atoms with van der Waals surface area (Å²) in [6.45, 7) is 1.50. The van der Waals surface area contributed by atoms with Gasteiger partial charge in [-0.15, -0.1) is 0 Å². The lowest BCUT2D eigenvalue weighted by Gasteiger charge is -2.05. The molecule has 0 radical (unpaired) electrons. The van der Waals surface area contributed by atoms with Crippen molar-refractivity contribution in [3.63, 3.8) is 0 Å². The monoisotopic (exact) mass is 225 g/mol. The molecule has 0 saturated carbocycles. The zero-order chi connectivity index (χ0) is 12.3. The number of nitrogens with zero attached hydrogens (tertiary/aromatic N) is 2. The fourth-order valence-electron chi connectivity index (χ4n) is 1.12. The molecule has 7 nitrogen and oxygen atoms in total. The molecule has 0 aliphatic rings. The molecule has 1 aromatic rings. The maximum absolute atomic E-state index is 10.8. The maximum atomic E-state index is 10.8. The summed E-state index contributed by atoms with van der Waals surface area (Å²) in [6, 6.07) is 0. The summed E-state index contributed by atoms with van der Waals surface area (Å²) in [5, 5.41) is 17.3. The van der Waals surface area contributed by atoms with Gasteiger partial charge in [-0.3, -0.25) is 4.79 Å². The van der Waals surface area contributed by atoms with E-state index in [9.17, 15) is 9.59 Å². The SMILES string of the molecule is Cc1c(N)nc(CCC(=O)O)nc1C(=O)O. The van der Waals surface area contributed by atoms with Gasteiger partial charge in [-0.2, -0.15) is 0 Å². The van der Waals surface area contributed by atoms with E-state index < -0.39 is 11.9 Å². The van der Waals surface area contributed by atoms with Gasteiger partial charge in [0.05, 0.1) is 6.42 Å². The summed E-state index contributed by atoms with van der Waals surface area (Å²) in [7, 11) is 0. The minimum atomic E-state index is -1.21. The van der Waals surface area contributed by atoms with Crippen molar-refractivity contribution in [2.75, 3.05) is 5.73 Å². The average Bonchev–Trinajstić information content (AvgIpc) is 2.19. The van der Waals surface area contributed by atoms with E-state index in [0.717, 1.165) is 0 Å². The molecule has 0 saturated heterocycles. The van der Waals surface area contributed by atoms with Crippen molar-refractivity contribution in [1.82, 2.24) is 9.97 Å². The molecular weight excluding hydrogens is 214 g/mol. The average molecular weight is 225 g/mol. The van der Waals surface area contributed by atoms with Gasteiger partial charge in [-0.05, 0) is 6.92 Å². The zero-order valence-electron chi connectivity index (χ0n) is 8.60. The van der Waals surface area contributed by atoms with Crippen LogP contribution in [-0.2, 0) is 11.2 Å². The number of aryl methyl sites for hydroxylation is 1. The highest BCUT2D eigenvalue weighted by Gasteiger charge is 2.15. The van der Waals surface area contributed by atoms with Crippen molar-refractivity contribution < 1.29 is 19.8 Å². The Morgan fingerprint density at radius 1 is 1.31 bits per heavy atom. The molecule has 4 N–H and O–H groups in total. The van der Waals surface area contributed by atoms with Crippen molar-refractivity contribution in [1.29, 1.82) is 0 Å². The van der Waals surface area contributed by atoms with Crippen molar-refractivity contribution in [2.45, 2.75) is 19.8 Å². The first-order chi connectivity index (χ1) is 7.41. The fourth-order valence-corrected chi connectivity index (χ4v) is 1.12. The molecule has 0 bridgehead atoms. The van der Waals surface area contributed by atoms with Crippen molar-refractivity contribution >= 4 is 17.8 Å². The van der Waals surface area contributed by atoms with Gasteiger partial charge in [-0.1, -0.05) is 0 Å². The minimum Gasteiger partial charge on any atom is -0.481 e. The predicted octanol–water partition coefficient (Wildman–Crippen LogP) is 0.0826. The highest BCUT2D eigenvalue weighted by atomic mass is 16.4. The fraction of sp³-hybridized carbons (Fsp3) is 0.333. The van der Waals surface area contributed by atoms with Crippen LogP contribution in [0.2, 0.25) is 0 Å². The molecule has 0 aliphatic heterocycles. The number of nitrogen functional groups attached to an aromatic ring is 1. The number of anilines is 1. The zero-order valence-corrected chi connectivity index (χ0v) is 8.60. The van der Waals surface area contributed by atoms with Gasteiger partial charge < -0.3 is 15.9 Å². The molecule has 16 heavy (non-hydrogen) atoms. The first-order valence-corrected chi connectivity index (χ1v) is 4.50. The number of carboxylic acid groups (broad SMARTS) is 2. The van der Waals surface area contributed by atoms with Gasteiger partial charge in [0.1, 0.15) is 11.6 Å². The van der Waals surface area contributed by atoms with E-state index in [-0.39, 0.29) is 35.7 Å². The van der Waals surface area contributed by atoms with Crippen LogP contribution in [0.5, 0.6) is 0 Å². The number of hydrogen-bond donors (Lipinski definition) is 3. The van der Waals surface area contributed by atoms with Crippen LogP contribution in [0.3, 0.4) is 0 Å². The number of carbonyl (C=O) groups is 2. The Bertz CT molecular complexity index is 445. The molecule has 1 rings (SSSR count). The van der Waals surface area contributed by atoms with Crippen LogP contribution in [-0.4, -0.2) is 32.1 Å². The number of aromatic nitrogens is 2. The molecule has 1 aromatic heterocycles. The molecule has 0 aliphatic carbocycles. The van der Waals surface area contributed by atoms with Gasteiger partial charge in [0, 0.05) is 12.0 Å². The normalized spacial score (nSPS) is 10.1. The molecule has 1 heterocycles. The highest BCUT2D eigenvalue weighted by molar-refractivity contribution is 5.88. The van der Waals surface area contributed by atoms with Crippen LogP contribution in [0.25, 0.3) is 0 Å². The van der Waals surface area contributed by atoms with Crippen LogP contribution in [0.15, 0.2) is 0 Å². The number of carboxylic acids is 2. The number of nitrogens with two attached hydrogens (primary N) is 1. The third-order valence-corrected chi connectivity index (χ3v) is 1.99. The molecular formula is C9H11N3O4. The second kappa shape index (κ2) is 4.56. The largest absolute Gasteiger partial charge is 0.481 e. The van der Waals surface area contributed by atoms with Crippen LogP contribution >= 0.6 is 0 Å². The molecule has 0 amide bonds. The van der Waals surface area contributed by atoms with Crippen molar-refractivity contribution in [2.24, 2.45) is 0 Å². The highest BCUT2D eigenvalue weighted by Crippen LogP contribution is 2.12. The van der Waals surface area contributed by atoms with E-state index in [1.807, 2.05) is 0 Å². The van der Waals surface area contributed by atoms with Gasteiger partial charge in [0.25, 0.3) is 0 Å². The van der Waals surface area contributed by atoms with Crippen LogP contribution in [0.4, 0.5) is 5.82 Å². The van der Waals surface area contributed by atoms with Crippen molar-refractivity contribution in [3.8, 4) is 0 Å². The van der Waals surface area contributed by atoms with Gasteiger partial charge >= 0.3 is 11.9 Å². The van der Waals surface area contributed by atoms with E-state index in [0.29, 0.717) is 0 Å². The Morgan fingerprint density at radius 2 is 1.94 bits per heavy atom. The minimum absolute atomic E-state index is 0.0556. The van der Waals surface area contributed by atoms with Crippen molar-refractivity contribution in [3.05, 3.63) is 17.1 Å². The Kier molecular flexibility index (Phi) is 3.39. The maximum Gasteiger partial charge on any atom is 0.354 e. The van der Waals surface area contributed by atoms with Crippen LogP contribution < -0.4 is 5.73 Å². The van der Waals surface area contributed by atoms with E-state index >= 15 is 0 Å². The van der Waals surface area contributed by atoms with E-state index in [1.165, 1.54) is 6.92 Å². The Labute approximate surface area is 90.9 Å². The standard InChI is InChI=1S/C9H11N3O4/c1-4-7(9(15)16)11-5(12-8(4)10)2-3-6(13)14/h2-3H2,1H3,(H,13,14)(H,15,16)(H2,10,11,12). The topological polar surface area (TPSA) is 126 Å². The van der Waals surface area contributed by atoms with E-state index in [2.05, 4.69) is 9.97 Å². The second-order valence-electron chi connectivity index (χ2n) is 3.20. The van der Waals surface area contributed by atoms with Crippen LogP contribution in [0, 0.1) is 6.92 Å². The molecule has 0 aromatic carbocycles. The van der Waals surface area contributed by atoms with Gasteiger partial charge in [-0.25, -0.2) is 14.8 Å². The number of rotatable bonds is 4. The lowest BCUT2D eigenvalue weighted by Crippen LogP contribution is -2.12. The summed E-state index contributed by atoms with van der Waals surface area (Å²) < 4.78 is 0. The van der Waals surface area contributed by atoms with E-state index in [4.69, 9.17) is 15.9 Å². The lowest BCUT2D eigenvalue weighted by molar-refractivity contribution is -0.137. The lowest BCUT2D eigenvalue weighted by atomic mass is 10.2. The summed E-state index contributed by atoms with van der Waals surface area (Å²) in [5.74, 6) is -2.02. The molecule has 0 atom stereocenters. The first kappa shape index (κ1) is 11.9. The molecule has 0 fully saturated rings. The molecule has 7 heteroatoms. The van der Waals surface area contributed by atoms with Gasteiger partial charge in [0.15, 0.2) is 5.69 Å². The summed E-state index contributed by atoms with van der Waals surface area (Å²) in [4.78, 5) is 28.7. The van der Waals surface area contributed by atoms with Gasteiger partial charge in [0.2, 0.25) is 0 Å². The quantitative estimate of drug-likeness (QED) is 0.662. The third-order valence-electron chi connectivity index (χ3n) is 1.99. The molecule has 86 valence electrons. The third kappa shape index (κ3) is 2.66. The number of aliphatic carboxylic acids is 1. The summed E-state index contributed by atoms with van der Waals surface area (Å²) >= 11 is 0. The predicted molar refractivity (Wildman–Crippen MR) is 54.1 cm³/mol. The van der Waals surface area contributed by atoms with Crippen LogP contribution in [0.1, 0.15) is 28.3 Å².